The molecule has 0 aliphatic rings. The minimum atomic E-state index is -0.376. The summed E-state index contributed by atoms with van der Waals surface area (Å²) >= 11 is 6.27. The predicted molar refractivity (Wildman–Crippen MR) is 62.8 cm³/mol. The first kappa shape index (κ1) is 14.3. The number of ether oxygens (including phenoxy) is 1. The lowest BCUT2D eigenvalue weighted by atomic mass is 10.2. The molecule has 5 nitrogen and oxygen atoms in total. The Hall–Kier alpha value is -0.790. The fraction of sp³-hybridized carbons (Fsp3) is 0.300. The van der Waals surface area contributed by atoms with Gasteiger partial charge in [0.1, 0.15) is 5.75 Å². The average Bonchev–Trinajstić information content (AvgIpc) is 2.30. The summed E-state index contributed by atoms with van der Waals surface area (Å²) < 4.78 is 9.37. The number of rotatable bonds is 6. The van der Waals surface area contributed by atoms with Crippen molar-refractivity contribution < 1.29 is 24.2 Å². The summed E-state index contributed by atoms with van der Waals surface area (Å²) in [5.41, 5.74) is 0.763. The van der Waals surface area contributed by atoms with Crippen LogP contribution in [0.2, 0.25) is 0 Å². The van der Waals surface area contributed by atoms with Crippen molar-refractivity contribution in [2.24, 2.45) is 0 Å². The molecule has 1 aromatic carbocycles. The Morgan fingerprint density at radius 2 is 2.29 bits per heavy atom. The Morgan fingerprint density at radius 1 is 1.53 bits per heavy atom. The lowest BCUT2D eigenvalue weighted by Crippen LogP contribution is -2.08. The second-order valence-electron chi connectivity index (χ2n) is 3.07. The second-order valence-corrected chi connectivity index (χ2v) is 4.22. The van der Waals surface area contributed by atoms with Gasteiger partial charge < -0.3 is 4.74 Å². The smallest absolute Gasteiger partial charge is 0.312 e. The van der Waals surface area contributed by atoms with Crippen LogP contribution >= 0.6 is 23.6 Å². The van der Waals surface area contributed by atoms with Gasteiger partial charge in [-0.3, -0.25) is 4.79 Å². The van der Waals surface area contributed by atoms with Crippen LogP contribution in [0.1, 0.15) is 12.0 Å². The number of esters is 1. The molecular weight excluding hydrogens is 268 g/mol. The number of benzene rings is 1. The standard InChI is InChI=1S/C10H11ClO5S/c1-7-6-8(17-16-15-13)2-3-9(7)14-10(12)4-5-11/h2-3,6,13H,4-5H2,1H3. The highest BCUT2D eigenvalue weighted by Gasteiger charge is 2.07. The summed E-state index contributed by atoms with van der Waals surface area (Å²) in [5.74, 6) is 0.320. The van der Waals surface area contributed by atoms with Crippen molar-refractivity contribution in [1.82, 2.24) is 0 Å². The van der Waals surface area contributed by atoms with Crippen molar-refractivity contribution in [3.05, 3.63) is 23.8 Å². The Kier molecular flexibility index (Phi) is 6.31. The number of hydrogen-bond donors (Lipinski definition) is 1. The molecule has 7 heteroatoms. The van der Waals surface area contributed by atoms with Crippen LogP contribution in [0.5, 0.6) is 5.75 Å². The molecule has 0 unspecified atom stereocenters. The van der Waals surface area contributed by atoms with Gasteiger partial charge in [0.05, 0.1) is 18.5 Å². The van der Waals surface area contributed by atoms with Crippen LogP contribution in [-0.2, 0) is 14.2 Å². The molecule has 0 atom stereocenters. The number of hydrogen-bond acceptors (Lipinski definition) is 6. The number of carbonyl (C=O) groups is 1. The monoisotopic (exact) mass is 278 g/mol. The second kappa shape index (κ2) is 7.52. The van der Waals surface area contributed by atoms with E-state index in [1.54, 1.807) is 25.1 Å². The number of alkyl halides is 1. The summed E-state index contributed by atoms with van der Waals surface area (Å²) in [6.45, 7) is 1.78. The normalized spacial score (nSPS) is 10.3. The van der Waals surface area contributed by atoms with Crippen LogP contribution in [0.4, 0.5) is 0 Å². The number of aryl methyl sites for hydroxylation is 1. The van der Waals surface area contributed by atoms with Gasteiger partial charge in [-0.15, -0.1) is 15.9 Å². The van der Waals surface area contributed by atoms with E-state index in [-0.39, 0.29) is 18.3 Å². The largest absolute Gasteiger partial charge is 0.426 e. The number of carbonyl (C=O) groups excluding carboxylic acids is 1. The minimum Gasteiger partial charge on any atom is -0.426 e. The van der Waals surface area contributed by atoms with Crippen molar-refractivity contribution in [1.29, 1.82) is 0 Å². The van der Waals surface area contributed by atoms with Crippen molar-refractivity contribution >= 4 is 29.6 Å². The Labute approximate surface area is 108 Å². The quantitative estimate of drug-likeness (QED) is 0.215. The zero-order valence-corrected chi connectivity index (χ0v) is 10.6. The van der Waals surface area contributed by atoms with Gasteiger partial charge in [0.2, 0.25) is 0 Å². The van der Waals surface area contributed by atoms with Crippen molar-refractivity contribution in [3.8, 4) is 5.75 Å². The third-order valence-electron chi connectivity index (χ3n) is 1.83. The summed E-state index contributed by atoms with van der Waals surface area (Å²) in [6.07, 6.45) is 0.166. The van der Waals surface area contributed by atoms with E-state index in [9.17, 15) is 4.79 Å². The van der Waals surface area contributed by atoms with Gasteiger partial charge in [-0.05, 0) is 30.7 Å². The maximum Gasteiger partial charge on any atom is 0.312 e. The van der Waals surface area contributed by atoms with E-state index < -0.39 is 0 Å². The maximum absolute atomic E-state index is 11.2. The van der Waals surface area contributed by atoms with Crippen molar-refractivity contribution in [2.45, 2.75) is 18.2 Å². The summed E-state index contributed by atoms with van der Waals surface area (Å²) in [4.78, 5) is 11.9. The van der Waals surface area contributed by atoms with E-state index in [0.717, 1.165) is 17.6 Å². The molecule has 0 radical (unpaired) electrons. The van der Waals surface area contributed by atoms with Gasteiger partial charge in [0.25, 0.3) is 0 Å². The molecule has 0 saturated carbocycles. The van der Waals surface area contributed by atoms with E-state index in [0.29, 0.717) is 10.6 Å². The van der Waals surface area contributed by atoms with Gasteiger partial charge in [-0.2, -0.15) is 0 Å². The molecule has 0 fully saturated rings. The van der Waals surface area contributed by atoms with E-state index in [1.807, 2.05) is 0 Å². The molecule has 0 heterocycles. The molecule has 1 N–H and O–H groups in total. The lowest BCUT2D eigenvalue weighted by molar-refractivity contribution is -0.432. The minimum absolute atomic E-state index is 0.166. The van der Waals surface area contributed by atoms with Gasteiger partial charge in [0.15, 0.2) is 0 Å². The van der Waals surface area contributed by atoms with E-state index in [4.69, 9.17) is 21.6 Å². The molecule has 0 aromatic heterocycles. The molecule has 0 spiro atoms. The first-order valence-electron chi connectivity index (χ1n) is 4.69. The summed E-state index contributed by atoms with van der Waals surface area (Å²) in [7, 11) is 0. The zero-order valence-electron chi connectivity index (χ0n) is 9.01. The molecule has 17 heavy (non-hydrogen) atoms. The van der Waals surface area contributed by atoms with Crippen LogP contribution in [0.25, 0.3) is 0 Å². The predicted octanol–water partition coefficient (Wildman–Crippen LogP) is 2.96. The first-order valence-corrected chi connectivity index (χ1v) is 5.97. The molecular formula is C10H11ClO5S. The van der Waals surface area contributed by atoms with Gasteiger partial charge >= 0.3 is 5.97 Å². The average molecular weight is 279 g/mol. The van der Waals surface area contributed by atoms with E-state index >= 15 is 0 Å². The van der Waals surface area contributed by atoms with Crippen molar-refractivity contribution in [3.63, 3.8) is 0 Å². The maximum atomic E-state index is 11.2. The molecule has 1 rings (SSSR count). The lowest BCUT2D eigenvalue weighted by Gasteiger charge is -2.07. The van der Waals surface area contributed by atoms with Gasteiger partial charge in [0, 0.05) is 10.8 Å². The van der Waals surface area contributed by atoms with Crippen LogP contribution in [0.15, 0.2) is 23.1 Å². The third kappa shape index (κ3) is 4.93. The number of halogens is 1. The highest BCUT2D eigenvalue weighted by atomic mass is 35.5. The highest BCUT2D eigenvalue weighted by molar-refractivity contribution is 7.94. The van der Waals surface area contributed by atoms with Crippen LogP contribution in [-0.4, -0.2) is 17.1 Å². The van der Waals surface area contributed by atoms with Crippen molar-refractivity contribution in [2.75, 3.05) is 5.88 Å². The molecule has 0 aliphatic carbocycles. The molecule has 0 bridgehead atoms. The van der Waals surface area contributed by atoms with E-state index in [2.05, 4.69) is 9.37 Å². The molecule has 94 valence electrons. The van der Waals surface area contributed by atoms with Gasteiger partial charge in [-0.1, -0.05) is 5.04 Å². The SMILES string of the molecule is Cc1cc(SOOO)ccc1OC(=O)CCCl. The molecule has 0 saturated heterocycles. The Balaban J connectivity index is 2.65. The Morgan fingerprint density at radius 3 is 2.88 bits per heavy atom. The topological polar surface area (TPSA) is 65.0 Å². The van der Waals surface area contributed by atoms with Gasteiger partial charge in [-0.25, -0.2) is 5.26 Å². The molecule has 0 amide bonds. The van der Waals surface area contributed by atoms with Crippen LogP contribution in [0.3, 0.4) is 0 Å². The summed E-state index contributed by atoms with van der Waals surface area (Å²) in [5, 5.41) is 11.5. The summed E-state index contributed by atoms with van der Waals surface area (Å²) in [6, 6.07) is 5.03. The van der Waals surface area contributed by atoms with Crippen LogP contribution in [0, 0.1) is 6.92 Å². The fourth-order valence-corrected chi connectivity index (χ4v) is 1.71. The highest BCUT2D eigenvalue weighted by Crippen LogP contribution is 2.26. The third-order valence-corrected chi connectivity index (χ3v) is 2.59. The molecule has 0 aliphatic heterocycles. The zero-order chi connectivity index (χ0) is 12.7. The fourth-order valence-electron chi connectivity index (χ4n) is 1.09. The van der Waals surface area contributed by atoms with Crippen LogP contribution < -0.4 is 4.74 Å². The first-order chi connectivity index (χ1) is 8.17. The Bertz CT molecular complexity index is 385. The van der Waals surface area contributed by atoms with E-state index in [1.165, 1.54) is 0 Å². The molecule has 1 aromatic rings.